The number of aliphatic hydroxyl groups excluding tert-OH is 1. The third kappa shape index (κ3) is 3.52. The molecule has 0 radical (unpaired) electrons. The van der Waals surface area contributed by atoms with Crippen LogP contribution in [0.4, 0.5) is 0 Å². The molecule has 1 saturated carbocycles. The number of aliphatic hydroxyl groups is 1. The van der Waals surface area contributed by atoms with Gasteiger partial charge in [-0.3, -0.25) is 4.79 Å². The van der Waals surface area contributed by atoms with Gasteiger partial charge in [-0.05, 0) is 57.7 Å². The number of thiazole rings is 1. The zero-order chi connectivity index (χ0) is 19.7. The fourth-order valence-electron chi connectivity index (χ4n) is 3.74. The van der Waals surface area contributed by atoms with Gasteiger partial charge in [0.1, 0.15) is 23.7 Å². The first-order valence-corrected chi connectivity index (χ1v) is 10.4. The first-order chi connectivity index (χ1) is 13.5. The van der Waals surface area contributed by atoms with Crippen LogP contribution in [-0.2, 0) is 6.61 Å². The van der Waals surface area contributed by atoms with Crippen LogP contribution >= 0.6 is 11.3 Å². The highest BCUT2D eigenvalue weighted by molar-refractivity contribution is 7.09. The van der Waals surface area contributed by atoms with E-state index >= 15 is 0 Å². The topological polar surface area (TPSA) is 84.6 Å². The van der Waals surface area contributed by atoms with E-state index in [1.165, 1.54) is 0 Å². The summed E-state index contributed by atoms with van der Waals surface area (Å²) in [6.45, 7) is 4.28. The summed E-state index contributed by atoms with van der Waals surface area (Å²) >= 11 is 1.57. The Bertz CT molecular complexity index is 1000. The van der Waals surface area contributed by atoms with Crippen LogP contribution in [0.15, 0.2) is 28.1 Å². The summed E-state index contributed by atoms with van der Waals surface area (Å²) in [6.07, 6.45) is 3.45. The lowest BCUT2D eigenvalue weighted by molar-refractivity contribution is 0.0771. The van der Waals surface area contributed by atoms with E-state index in [0.29, 0.717) is 35.7 Å². The van der Waals surface area contributed by atoms with E-state index in [2.05, 4.69) is 10.3 Å². The van der Waals surface area contributed by atoms with Crippen LogP contribution in [0.1, 0.15) is 52.4 Å². The molecule has 0 aliphatic heterocycles. The highest BCUT2D eigenvalue weighted by atomic mass is 32.1. The molecule has 28 heavy (non-hydrogen) atoms. The number of hydrogen-bond donors (Lipinski definition) is 2. The molecular weight excluding hydrogens is 376 g/mol. The van der Waals surface area contributed by atoms with Crippen molar-refractivity contribution in [1.82, 2.24) is 10.3 Å². The number of furan rings is 1. The number of carbonyl (C=O) groups excluding carboxylic acids is 1. The Labute approximate surface area is 167 Å². The number of ether oxygens (including phenoxy) is 1. The number of benzene rings is 1. The molecule has 0 spiro atoms. The number of nitrogens with zero attached hydrogens (tertiary/aromatic N) is 1. The van der Waals surface area contributed by atoms with E-state index in [9.17, 15) is 9.90 Å². The smallest absolute Gasteiger partial charge is 0.255 e. The lowest BCUT2D eigenvalue weighted by Crippen LogP contribution is -2.54. The molecule has 1 amide bonds. The zero-order valence-corrected chi connectivity index (χ0v) is 16.9. The summed E-state index contributed by atoms with van der Waals surface area (Å²) in [7, 11) is 0. The fourth-order valence-corrected chi connectivity index (χ4v) is 4.43. The van der Waals surface area contributed by atoms with Crippen LogP contribution in [0.3, 0.4) is 0 Å². The standard InChI is InChI=1S/C21H24N2O4S/c1-13-18(28-12-22-13)11-26-15-4-5-17-16(10-15)19(14(2)27-17)20(25)23-21(8-9-24)6-3-7-21/h4-5,10,12,24H,3,6-9,11H2,1-2H3,(H,23,25). The molecule has 1 aromatic carbocycles. The highest BCUT2D eigenvalue weighted by Crippen LogP contribution is 2.36. The molecule has 7 heteroatoms. The Balaban J connectivity index is 1.58. The van der Waals surface area contributed by atoms with Crippen molar-refractivity contribution in [2.45, 2.75) is 51.7 Å². The number of aryl methyl sites for hydroxylation is 2. The van der Waals surface area contributed by atoms with Crippen molar-refractivity contribution >= 4 is 28.2 Å². The van der Waals surface area contributed by atoms with Crippen molar-refractivity contribution in [3.63, 3.8) is 0 Å². The second kappa shape index (κ2) is 7.56. The number of aromatic nitrogens is 1. The van der Waals surface area contributed by atoms with Gasteiger partial charge < -0.3 is 19.6 Å². The Morgan fingerprint density at radius 1 is 1.39 bits per heavy atom. The van der Waals surface area contributed by atoms with Gasteiger partial charge >= 0.3 is 0 Å². The Morgan fingerprint density at radius 2 is 2.21 bits per heavy atom. The number of fused-ring (bicyclic) bond motifs is 1. The number of amides is 1. The summed E-state index contributed by atoms with van der Waals surface area (Å²) < 4.78 is 11.7. The van der Waals surface area contributed by atoms with Crippen LogP contribution in [0.2, 0.25) is 0 Å². The average Bonchev–Trinajstić information content (AvgIpc) is 3.19. The molecule has 0 saturated heterocycles. The van der Waals surface area contributed by atoms with E-state index in [0.717, 1.165) is 35.2 Å². The van der Waals surface area contributed by atoms with Gasteiger partial charge in [0.2, 0.25) is 0 Å². The zero-order valence-electron chi connectivity index (χ0n) is 16.1. The average molecular weight is 401 g/mol. The van der Waals surface area contributed by atoms with Gasteiger partial charge in [0, 0.05) is 17.5 Å². The molecule has 148 valence electrons. The largest absolute Gasteiger partial charge is 0.488 e. The van der Waals surface area contributed by atoms with Crippen LogP contribution in [0.5, 0.6) is 5.75 Å². The second-order valence-electron chi connectivity index (χ2n) is 7.40. The van der Waals surface area contributed by atoms with E-state index < -0.39 is 0 Å². The van der Waals surface area contributed by atoms with Gasteiger partial charge in [0.15, 0.2) is 0 Å². The predicted octanol–water partition coefficient (Wildman–Crippen LogP) is 4.12. The van der Waals surface area contributed by atoms with Crippen LogP contribution in [0.25, 0.3) is 11.0 Å². The van der Waals surface area contributed by atoms with Gasteiger partial charge in [-0.1, -0.05) is 0 Å². The van der Waals surface area contributed by atoms with Crippen molar-refractivity contribution < 1.29 is 19.1 Å². The maximum Gasteiger partial charge on any atom is 0.255 e. The van der Waals surface area contributed by atoms with Crippen LogP contribution in [-0.4, -0.2) is 28.1 Å². The Kier molecular flexibility index (Phi) is 5.12. The lowest BCUT2D eigenvalue weighted by Gasteiger charge is -2.42. The Morgan fingerprint density at radius 3 is 2.86 bits per heavy atom. The molecule has 0 atom stereocenters. The number of hydrogen-bond acceptors (Lipinski definition) is 6. The molecule has 0 unspecified atom stereocenters. The maximum atomic E-state index is 13.0. The minimum absolute atomic E-state index is 0.0698. The quantitative estimate of drug-likeness (QED) is 0.623. The maximum absolute atomic E-state index is 13.0. The van der Waals surface area contributed by atoms with E-state index in [1.54, 1.807) is 18.3 Å². The SMILES string of the molecule is Cc1ncsc1COc1ccc2oc(C)c(C(=O)NC3(CCO)CCC3)c2c1. The molecule has 4 rings (SSSR count). The highest BCUT2D eigenvalue weighted by Gasteiger charge is 2.38. The molecule has 2 N–H and O–H groups in total. The van der Waals surface area contributed by atoms with Crippen molar-refractivity contribution in [1.29, 1.82) is 0 Å². The molecule has 1 aliphatic carbocycles. The van der Waals surface area contributed by atoms with Crippen LogP contribution < -0.4 is 10.1 Å². The van der Waals surface area contributed by atoms with Gasteiger partial charge in [0.25, 0.3) is 5.91 Å². The van der Waals surface area contributed by atoms with Crippen LogP contribution in [0, 0.1) is 13.8 Å². The third-order valence-electron chi connectivity index (χ3n) is 5.56. The molecular formula is C21H24N2O4S. The molecule has 0 bridgehead atoms. The molecule has 3 aromatic rings. The molecule has 1 fully saturated rings. The third-order valence-corrected chi connectivity index (χ3v) is 6.47. The van der Waals surface area contributed by atoms with E-state index in [-0.39, 0.29) is 18.1 Å². The fraction of sp³-hybridized carbons (Fsp3) is 0.429. The number of carbonyl (C=O) groups is 1. The second-order valence-corrected chi connectivity index (χ2v) is 8.34. The summed E-state index contributed by atoms with van der Waals surface area (Å²) in [6, 6.07) is 5.54. The lowest BCUT2D eigenvalue weighted by atomic mass is 9.74. The summed E-state index contributed by atoms with van der Waals surface area (Å²) in [5, 5.41) is 13.2. The molecule has 6 nitrogen and oxygen atoms in total. The minimum atomic E-state index is -0.292. The van der Waals surface area contributed by atoms with Gasteiger partial charge in [-0.2, -0.15) is 0 Å². The number of nitrogens with one attached hydrogen (secondary N) is 1. The predicted molar refractivity (Wildman–Crippen MR) is 108 cm³/mol. The molecule has 2 aromatic heterocycles. The van der Waals surface area contributed by atoms with E-state index in [4.69, 9.17) is 9.15 Å². The van der Waals surface area contributed by atoms with Crippen molar-refractivity contribution in [3.05, 3.63) is 45.6 Å². The van der Waals surface area contributed by atoms with Crippen molar-refractivity contribution in [2.75, 3.05) is 6.61 Å². The molecule has 1 aliphatic rings. The summed E-state index contributed by atoms with van der Waals surface area (Å²) in [4.78, 5) is 18.3. The normalized spacial score (nSPS) is 15.4. The van der Waals surface area contributed by atoms with E-state index in [1.807, 2.05) is 30.6 Å². The Hall–Kier alpha value is -2.38. The summed E-state index contributed by atoms with van der Waals surface area (Å²) in [5.41, 5.74) is 3.69. The first kappa shape index (κ1) is 19.0. The summed E-state index contributed by atoms with van der Waals surface area (Å²) in [5.74, 6) is 1.12. The van der Waals surface area contributed by atoms with Gasteiger partial charge in [-0.15, -0.1) is 11.3 Å². The minimum Gasteiger partial charge on any atom is -0.488 e. The molecule has 2 heterocycles. The number of rotatable bonds is 7. The van der Waals surface area contributed by atoms with Gasteiger partial charge in [-0.25, -0.2) is 4.98 Å². The van der Waals surface area contributed by atoms with Gasteiger partial charge in [0.05, 0.1) is 21.6 Å². The first-order valence-electron chi connectivity index (χ1n) is 9.50. The monoisotopic (exact) mass is 400 g/mol. The van der Waals surface area contributed by atoms with Crippen molar-refractivity contribution in [2.24, 2.45) is 0 Å². The van der Waals surface area contributed by atoms with Crippen molar-refractivity contribution in [3.8, 4) is 5.75 Å².